The summed E-state index contributed by atoms with van der Waals surface area (Å²) in [4.78, 5) is 12.5. The summed E-state index contributed by atoms with van der Waals surface area (Å²) in [5, 5.41) is 3.35. The topological polar surface area (TPSA) is 56.8 Å². The van der Waals surface area contributed by atoms with Crippen LogP contribution >= 0.6 is 11.6 Å². The number of benzene rings is 2. The van der Waals surface area contributed by atoms with Gasteiger partial charge in [0.1, 0.15) is 19.0 Å². The SMILES string of the molecule is O=C(NCC1COc2ccccc2C1)c1cc(Cl)c2c(c1)OCCO2. The second-order valence-electron chi connectivity index (χ2n) is 6.18. The van der Waals surface area contributed by atoms with Crippen LogP contribution in [0.1, 0.15) is 15.9 Å². The first kappa shape index (κ1) is 16.1. The average molecular weight is 360 g/mol. The summed E-state index contributed by atoms with van der Waals surface area (Å²) < 4.78 is 16.8. The maximum Gasteiger partial charge on any atom is 0.251 e. The molecule has 2 aromatic rings. The summed E-state index contributed by atoms with van der Waals surface area (Å²) in [5.74, 6) is 2.01. The van der Waals surface area contributed by atoms with E-state index in [9.17, 15) is 4.79 Å². The fraction of sp³-hybridized carbons (Fsp3) is 0.316. The van der Waals surface area contributed by atoms with Gasteiger partial charge in [-0.1, -0.05) is 29.8 Å². The highest BCUT2D eigenvalue weighted by atomic mass is 35.5. The molecule has 0 fully saturated rings. The molecule has 1 amide bonds. The fourth-order valence-corrected chi connectivity index (χ4v) is 3.37. The summed E-state index contributed by atoms with van der Waals surface area (Å²) in [6, 6.07) is 11.3. The van der Waals surface area contributed by atoms with Crippen molar-refractivity contribution >= 4 is 17.5 Å². The van der Waals surface area contributed by atoms with Crippen LogP contribution in [0.15, 0.2) is 36.4 Å². The number of rotatable bonds is 3. The maximum atomic E-state index is 12.5. The van der Waals surface area contributed by atoms with Crippen molar-refractivity contribution in [1.29, 1.82) is 0 Å². The van der Waals surface area contributed by atoms with Gasteiger partial charge in [0, 0.05) is 18.0 Å². The summed E-state index contributed by atoms with van der Waals surface area (Å²) in [7, 11) is 0. The van der Waals surface area contributed by atoms with E-state index in [1.54, 1.807) is 12.1 Å². The number of hydrogen-bond donors (Lipinski definition) is 1. The predicted octanol–water partition coefficient (Wildman–Crippen LogP) is 3.09. The van der Waals surface area contributed by atoms with Crippen LogP contribution in [0.3, 0.4) is 0 Å². The summed E-state index contributed by atoms with van der Waals surface area (Å²) in [6.07, 6.45) is 0.887. The Labute approximate surface area is 150 Å². The van der Waals surface area contributed by atoms with E-state index < -0.39 is 0 Å². The largest absolute Gasteiger partial charge is 0.493 e. The quantitative estimate of drug-likeness (QED) is 0.915. The number of hydrogen-bond acceptors (Lipinski definition) is 4. The third kappa shape index (κ3) is 3.37. The van der Waals surface area contributed by atoms with Gasteiger partial charge in [-0.15, -0.1) is 0 Å². The van der Waals surface area contributed by atoms with Gasteiger partial charge in [-0.25, -0.2) is 0 Å². The molecule has 0 aliphatic carbocycles. The fourth-order valence-electron chi connectivity index (χ4n) is 3.10. The van der Waals surface area contributed by atoms with Crippen LogP contribution in [0.4, 0.5) is 0 Å². The Balaban J connectivity index is 1.41. The van der Waals surface area contributed by atoms with Gasteiger partial charge in [0.2, 0.25) is 0 Å². The normalized spacial score (nSPS) is 18.0. The smallest absolute Gasteiger partial charge is 0.251 e. The van der Waals surface area contributed by atoms with Crippen molar-refractivity contribution in [3.63, 3.8) is 0 Å². The zero-order valence-electron chi connectivity index (χ0n) is 13.6. The van der Waals surface area contributed by atoms with Crippen molar-refractivity contribution in [3.05, 3.63) is 52.5 Å². The van der Waals surface area contributed by atoms with E-state index >= 15 is 0 Å². The molecule has 0 bridgehead atoms. The standard InChI is InChI=1S/C19H18ClNO4/c20-15-8-14(9-17-18(15)24-6-5-23-17)19(22)21-10-12-7-13-3-1-2-4-16(13)25-11-12/h1-4,8-9,12H,5-7,10-11H2,(H,21,22). The molecule has 2 aliphatic heterocycles. The van der Waals surface area contributed by atoms with Crippen molar-refractivity contribution in [3.8, 4) is 17.2 Å². The lowest BCUT2D eigenvalue weighted by molar-refractivity contribution is 0.0938. The van der Waals surface area contributed by atoms with Crippen molar-refractivity contribution < 1.29 is 19.0 Å². The van der Waals surface area contributed by atoms with Crippen LogP contribution in [0.5, 0.6) is 17.2 Å². The number of fused-ring (bicyclic) bond motifs is 2. The Kier molecular flexibility index (Phi) is 4.40. The number of amides is 1. The highest BCUT2D eigenvalue weighted by Gasteiger charge is 2.22. The van der Waals surface area contributed by atoms with Gasteiger partial charge in [-0.05, 0) is 30.2 Å². The molecule has 0 aromatic heterocycles. The maximum absolute atomic E-state index is 12.5. The van der Waals surface area contributed by atoms with Crippen LogP contribution < -0.4 is 19.5 Å². The Bertz CT molecular complexity index is 808. The molecule has 1 N–H and O–H groups in total. The molecule has 0 radical (unpaired) electrons. The average Bonchev–Trinajstić information content (AvgIpc) is 2.66. The van der Waals surface area contributed by atoms with Crippen LogP contribution in [0, 0.1) is 5.92 Å². The van der Waals surface area contributed by atoms with E-state index in [-0.39, 0.29) is 11.8 Å². The van der Waals surface area contributed by atoms with Gasteiger partial charge in [0.05, 0.1) is 11.6 Å². The highest BCUT2D eigenvalue weighted by molar-refractivity contribution is 6.32. The molecular weight excluding hydrogens is 342 g/mol. The van der Waals surface area contributed by atoms with Crippen molar-refractivity contribution in [2.75, 3.05) is 26.4 Å². The molecule has 1 atom stereocenters. The van der Waals surface area contributed by atoms with Crippen LogP contribution in [-0.4, -0.2) is 32.3 Å². The third-order valence-corrected chi connectivity index (χ3v) is 4.65. The highest BCUT2D eigenvalue weighted by Crippen LogP contribution is 2.38. The molecule has 1 unspecified atom stereocenters. The van der Waals surface area contributed by atoms with E-state index in [0.29, 0.717) is 48.5 Å². The van der Waals surface area contributed by atoms with Gasteiger partial charge in [0.15, 0.2) is 11.5 Å². The van der Waals surface area contributed by atoms with Crippen molar-refractivity contribution in [1.82, 2.24) is 5.32 Å². The second-order valence-corrected chi connectivity index (χ2v) is 6.59. The zero-order chi connectivity index (χ0) is 17.2. The van der Waals surface area contributed by atoms with Gasteiger partial charge >= 0.3 is 0 Å². The summed E-state index contributed by atoms with van der Waals surface area (Å²) in [5.41, 5.74) is 1.64. The summed E-state index contributed by atoms with van der Waals surface area (Å²) >= 11 is 6.19. The van der Waals surface area contributed by atoms with E-state index in [2.05, 4.69) is 11.4 Å². The Morgan fingerprint density at radius 3 is 2.88 bits per heavy atom. The second kappa shape index (κ2) is 6.84. The molecule has 2 aromatic carbocycles. The van der Waals surface area contributed by atoms with Gasteiger partial charge in [0.25, 0.3) is 5.91 Å². The lowest BCUT2D eigenvalue weighted by Gasteiger charge is -2.25. The molecule has 5 nitrogen and oxygen atoms in total. The minimum Gasteiger partial charge on any atom is -0.493 e. The van der Waals surface area contributed by atoms with E-state index in [4.69, 9.17) is 25.8 Å². The molecule has 0 saturated heterocycles. The number of carbonyl (C=O) groups is 1. The number of halogens is 1. The molecule has 4 rings (SSSR count). The predicted molar refractivity (Wildman–Crippen MR) is 93.9 cm³/mol. The number of nitrogens with one attached hydrogen (secondary N) is 1. The van der Waals surface area contributed by atoms with E-state index in [0.717, 1.165) is 12.2 Å². The molecule has 2 aliphatic rings. The lowest BCUT2D eigenvalue weighted by Crippen LogP contribution is -2.34. The first-order chi connectivity index (χ1) is 12.2. The number of ether oxygens (including phenoxy) is 3. The number of carbonyl (C=O) groups excluding carboxylic acids is 1. The molecule has 25 heavy (non-hydrogen) atoms. The zero-order valence-corrected chi connectivity index (χ0v) is 14.3. The van der Waals surface area contributed by atoms with Crippen molar-refractivity contribution in [2.24, 2.45) is 5.92 Å². The molecule has 0 saturated carbocycles. The van der Waals surface area contributed by atoms with E-state index in [1.807, 2.05) is 18.2 Å². The molecule has 0 spiro atoms. The van der Waals surface area contributed by atoms with Gasteiger partial charge in [-0.2, -0.15) is 0 Å². The van der Waals surface area contributed by atoms with Gasteiger partial charge in [-0.3, -0.25) is 4.79 Å². The first-order valence-electron chi connectivity index (χ1n) is 8.29. The van der Waals surface area contributed by atoms with Crippen LogP contribution in [0.2, 0.25) is 5.02 Å². The molecule has 130 valence electrons. The van der Waals surface area contributed by atoms with E-state index in [1.165, 1.54) is 5.56 Å². The van der Waals surface area contributed by atoms with Crippen molar-refractivity contribution in [2.45, 2.75) is 6.42 Å². The molecular formula is C19H18ClNO4. The minimum absolute atomic E-state index is 0.183. The van der Waals surface area contributed by atoms with Crippen LogP contribution in [-0.2, 0) is 6.42 Å². The monoisotopic (exact) mass is 359 g/mol. The Hall–Kier alpha value is -2.40. The lowest BCUT2D eigenvalue weighted by atomic mass is 9.96. The minimum atomic E-state index is -0.183. The van der Waals surface area contributed by atoms with Crippen LogP contribution in [0.25, 0.3) is 0 Å². The molecule has 6 heteroatoms. The first-order valence-corrected chi connectivity index (χ1v) is 8.66. The molecule has 2 heterocycles. The third-order valence-electron chi connectivity index (χ3n) is 4.37. The Morgan fingerprint density at radius 2 is 1.96 bits per heavy atom. The Morgan fingerprint density at radius 1 is 1.12 bits per heavy atom. The summed E-state index contributed by atoms with van der Waals surface area (Å²) in [6.45, 7) is 2.05. The van der Waals surface area contributed by atoms with Gasteiger partial charge < -0.3 is 19.5 Å². The number of para-hydroxylation sites is 1.